The third-order valence-corrected chi connectivity index (χ3v) is 1.39. The SMILES string of the molecule is COC(=O)C(F)(F)C(F)(F)OC(F)(F)C(F)(F)F. The van der Waals surface area contributed by atoms with E-state index in [9.17, 15) is 44.3 Å². The van der Waals surface area contributed by atoms with Crippen LogP contribution >= 0.6 is 0 Å². The number of rotatable bonds is 4. The van der Waals surface area contributed by atoms with Crippen LogP contribution in [0.25, 0.3) is 0 Å². The van der Waals surface area contributed by atoms with E-state index in [0.717, 1.165) is 0 Å². The van der Waals surface area contributed by atoms with E-state index in [1.807, 2.05) is 0 Å². The second-order valence-corrected chi connectivity index (χ2v) is 2.70. The fourth-order valence-electron chi connectivity index (χ4n) is 0.530. The van der Waals surface area contributed by atoms with Gasteiger partial charge < -0.3 is 4.74 Å². The molecule has 0 fully saturated rings. The van der Waals surface area contributed by atoms with Gasteiger partial charge in [-0.05, 0) is 0 Å². The van der Waals surface area contributed by atoms with Crippen LogP contribution in [0.5, 0.6) is 0 Å². The standard InChI is InChI=1S/C6H3F9O3/c1-17-2(16)3(7,8)5(12,13)18-6(14,15)4(9,10)11/h1H3. The largest absolute Gasteiger partial charge is 0.483 e. The summed E-state index contributed by atoms with van der Waals surface area (Å²) in [4.78, 5) is 10.2. The first kappa shape index (κ1) is 16.8. The molecule has 0 rings (SSSR count). The van der Waals surface area contributed by atoms with Crippen molar-refractivity contribution in [1.82, 2.24) is 0 Å². The lowest BCUT2D eigenvalue weighted by Crippen LogP contribution is -2.55. The van der Waals surface area contributed by atoms with Gasteiger partial charge in [-0.2, -0.15) is 39.5 Å². The van der Waals surface area contributed by atoms with Crippen LogP contribution in [0.1, 0.15) is 0 Å². The third kappa shape index (κ3) is 2.97. The molecule has 0 atom stereocenters. The Hall–Kier alpha value is -1.20. The Kier molecular flexibility index (Phi) is 4.18. The molecule has 108 valence electrons. The third-order valence-electron chi connectivity index (χ3n) is 1.39. The highest BCUT2D eigenvalue weighted by atomic mass is 19.4. The molecule has 0 aromatic heterocycles. The molecular formula is C6H3F9O3. The molecule has 0 spiro atoms. The zero-order valence-electron chi connectivity index (χ0n) is 8.13. The van der Waals surface area contributed by atoms with E-state index in [-0.39, 0.29) is 7.11 Å². The summed E-state index contributed by atoms with van der Waals surface area (Å²) < 4.78 is 113. The van der Waals surface area contributed by atoms with Gasteiger partial charge in [-0.15, -0.1) is 0 Å². The van der Waals surface area contributed by atoms with E-state index in [0.29, 0.717) is 0 Å². The Bertz CT molecular complexity index is 321. The van der Waals surface area contributed by atoms with Crippen molar-refractivity contribution in [2.45, 2.75) is 24.3 Å². The van der Waals surface area contributed by atoms with Crippen LogP contribution in [0.4, 0.5) is 39.5 Å². The lowest BCUT2D eigenvalue weighted by molar-refractivity contribution is -0.481. The highest BCUT2D eigenvalue weighted by molar-refractivity contribution is 5.78. The molecule has 0 aromatic carbocycles. The number of hydrogen-bond donors (Lipinski definition) is 0. The molecule has 0 aliphatic rings. The molecule has 12 heteroatoms. The van der Waals surface area contributed by atoms with E-state index in [2.05, 4.69) is 4.74 Å². The van der Waals surface area contributed by atoms with Gasteiger partial charge in [-0.1, -0.05) is 0 Å². The smallest absolute Gasteiger partial charge is 0.464 e. The van der Waals surface area contributed by atoms with E-state index in [4.69, 9.17) is 0 Å². The number of alkyl halides is 9. The van der Waals surface area contributed by atoms with Gasteiger partial charge in [0.15, 0.2) is 0 Å². The summed E-state index contributed by atoms with van der Waals surface area (Å²) in [7, 11) is 0.189. The molecule has 0 amide bonds. The van der Waals surface area contributed by atoms with Crippen LogP contribution in [-0.2, 0) is 14.3 Å². The minimum atomic E-state index is -6.66. The summed E-state index contributed by atoms with van der Waals surface area (Å²) in [5.74, 6) is -9.05. The first-order valence-corrected chi connectivity index (χ1v) is 3.68. The van der Waals surface area contributed by atoms with Crippen molar-refractivity contribution in [3.05, 3.63) is 0 Å². The van der Waals surface area contributed by atoms with Crippen molar-refractivity contribution >= 4 is 5.97 Å². The van der Waals surface area contributed by atoms with Gasteiger partial charge in [0.1, 0.15) is 0 Å². The molecule has 3 nitrogen and oxygen atoms in total. The minimum Gasteiger partial charge on any atom is -0.464 e. The summed E-state index contributed by atoms with van der Waals surface area (Å²) in [6, 6.07) is 0. The molecule has 0 saturated carbocycles. The van der Waals surface area contributed by atoms with Crippen LogP contribution in [0.2, 0.25) is 0 Å². The molecule has 0 radical (unpaired) electrons. The van der Waals surface area contributed by atoms with Crippen LogP contribution < -0.4 is 0 Å². The van der Waals surface area contributed by atoms with E-state index in [1.54, 1.807) is 4.74 Å². The summed E-state index contributed by atoms with van der Waals surface area (Å²) >= 11 is 0. The Balaban J connectivity index is 5.25. The van der Waals surface area contributed by atoms with Gasteiger partial charge in [0, 0.05) is 0 Å². The Morgan fingerprint density at radius 2 is 1.22 bits per heavy atom. The van der Waals surface area contributed by atoms with Crippen molar-refractivity contribution in [1.29, 1.82) is 0 Å². The molecule has 0 heterocycles. The monoisotopic (exact) mass is 294 g/mol. The molecule has 0 unspecified atom stereocenters. The summed E-state index contributed by atoms with van der Waals surface area (Å²) in [5, 5.41) is 0. The number of esters is 1. The summed E-state index contributed by atoms with van der Waals surface area (Å²) in [6.07, 6.45) is -19.7. The van der Waals surface area contributed by atoms with Gasteiger partial charge in [-0.25, -0.2) is 9.53 Å². The second kappa shape index (κ2) is 4.48. The summed E-state index contributed by atoms with van der Waals surface area (Å²) in [6.45, 7) is 0. The average molecular weight is 294 g/mol. The topological polar surface area (TPSA) is 35.5 Å². The zero-order chi connectivity index (χ0) is 15.0. The van der Waals surface area contributed by atoms with Gasteiger partial charge >= 0.3 is 30.3 Å². The maximum atomic E-state index is 12.5. The molecule has 0 aliphatic heterocycles. The van der Waals surface area contributed by atoms with Crippen molar-refractivity contribution in [2.24, 2.45) is 0 Å². The number of halogens is 9. The maximum Gasteiger partial charge on any atom is 0.483 e. The highest BCUT2D eigenvalue weighted by Crippen LogP contribution is 2.45. The molecule has 0 bridgehead atoms. The molecule has 0 N–H and O–H groups in total. The number of ether oxygens (including phenoxy) is 2. The van der Waals surface area contributed by atoms with E-state index in [1.165, 1.54) is 0 Å². The first-order chi connectivity index (χ1) is 7.69. The first-order valence-electron chi connectivity index (χ1n) is 3.68. The second-order valence-electron chi connectivity index (χ2n) is 2.70. The minimum absolute atomic E-state index is 0.189. The molecule has 0 aliphatic carbocycles. The van der Waals surface area contributed by atoms with Crippen molar-refractivity contribution in [2.75, 3.05) is 7.11 Å². The quantitative estimate of drug-likeness (QED) is 0.590. The normalized spacial score (nSPS) is 14.6. The van der Waals surface area contributed by atoms with Crippen molar-refractivity contribution in [3.63, 3.8) is 0 Å². The summed E-state index contributed by atoms with van der Waals surface area (Å²) in [5.41, 5.74) is 0. The number of carbonyl (C=O) groups excluding carboxylic acids is 1. The molecular weight excluding hydrogens is 291 g/mol. The predicted octanol–water partition coefficient (Wildman–Crippen LogP) is 2.56. The fraction of sp³-hybridized carbons (Fsp3) is 0.833. The highest BCUT2D eigenvalue weighted by Gasteiger charge is 2.73. The maximum absolute atomic E-state index is 12.5. The number of carbonyl (C=O) groups is 1. The van der Waals surface area contributed by atoms with Crippen LogP contribution in [0.3, 0.4) is 0 Å². The number of hydrogen-bond acceptors (Lipinski definition) is 3. The lowest BCUT2D eigenvalue weighted by atomic mass is 10.3. The average Bonchev–Trinajstić information content (AvgIpc) is 2.12. The fourth-order valence-corrected chi connectivity index (χ4v) is 0.530. The Morgan fingerprint density at radius 1 is 0.833 bits per heavy atom. The van der Waals surface area contributed by atoms with Gasteiger partial charge in [0.25, 0.3) is 0 Å². The van der Waals surface area contributed by atoms with Crippen LogP contribution in [0.15, 0.2) is 0 Å². The Morgan fingerprint density at radius 3 is 1.50 bits per heavy atom. The lowest BCUT2D eigenvalue weighted by Gasteiger charge is -2.28. The van der Waals surface area contributed by atoms with Gasteiger partial charge in [0.05, 0.1) is 7.11 Å². The number of methoxy groups -OCH3 is 1. The predicted molar refractivity (Wildman–Crippen MR) is 34.0 cm³/mol. The zero-order valence-corrected chi connectivity index (χ0v) is 8.13. The van der Waals surface area contributed by atoms with Crippen molar-refractivity contribution < 1.29 is 53.8 Å². The van der Waals surface area contributed by atoms with Crippen molar-refractivity contribution in [3.8, 4) is 0 Å². The van der Waals surface area contributed by atoms with Crippen LogP contribution in [0, 0.1) is 0 Å². The molecule has 0 saturated heterocycles. The Labute approximate surface area is 92.4 Å². The molecule has 18 heavy (non-hydrogen) atoms. The van der Waals surface area contributed by atoms with E-state index >= 15 is 0 Å². The van der Waals surface area contributed by atoms with Gasteiger partial charge in [-0.3, -0.25) is 0 Å². The van der Waals surface area contributed by atoms with Gasteiger partial charge in [0.2, 0.25) is 0 Å². The van der Waals surface area contributed by atoms with Crippen LogP contribution in [-0.4, -0.2) is 37.4 Å². The van der Waals surface area contributed by atoms with E-state index < -0.39 is 30.3 Å². The molecule has 0 aromatic rings.